The maximum atomic E-state index is 11.9. The van der Waals surface area contributed by atoms with Gasteiger partial charge in [0.2, 0.25) is 5.91 Å². The second-order valence-corrected chi connectivity index (χ2v) is 4.64. The van der Waals surface area contributed by atoms with Crippen LogP contribution >= 0.6 is 0 Å². The summed E-state index contributed by atoms with van der Waals surface area (Å²) in [5.41, 5.74) is 1.02. The molecule has 0 bridgehead atoms. The molecule has 112 valence electrons. The van der Waals surface area contributed by atoms with Crippen molar-refractivity contribution in [1.29, 1.82) is 0 Å². The van der Waals surface area contributed by atoms with E-state index >= 15 is 0 Å². The zero-order chi connectivity index (χ0) is 15.1. The van der Waals surface area contributed by atoms with Crippen molar-refractivity contribution in [2.24, 2.45) is 0 Å². The summed E-state index contributed by atoms with van der Waals surface area (Å²) in [5, 5.41) is 6.93. The van der Waals surface area contributed by atoms with Crippen molar-refractivity contribution in [3.8, 4) is 0 Å². The smallest absolute Gasteiger partial charge is 0.241 e. The quantitative estimate of drug-likeness (QED) is 0.837. The molecule has 0 radical (unpaired) electrons. The fourth-order valence-electron chi connectivity index (χ4n) is 2.17. The second kappa shape index (κ2) is 7.42. The third-order valence-corrected chi connectivity index (χ3v) is 3.27. The SMILES string of the molecule is CCN(CC)c1ncccc1CNC(=O)Cn1cccn1. The maximum Gasteiger partial charge on any atom is 0.241 e. The van der Waals surface area contributed by atoms with E-state index in [9.17, 15) is 4.79 Å². The number of carbonyl (C=O) groups is 1. The Bertz CT molecular complexity index is 563. The molecule has 1 N–H and O–H groups in total. The molecular formula is C15H21N5O. The lowest BCUT2D eigenvalue weighted by atomic mass is 10.2. The lowest BCUT2D eigenvalue weighted by Crippen LogP contribution is -2.29. The Kier molecular flexibility index (Phi) is 5.31. The van der Waals surface area contributed by atoms with Gasteiger partial charge in [0.25, 0.3) is 0 Å². The highest BCUT2D eigenvalue weighted by atomic mass is 16.2. The van der Waals surface area contributed by atoms with Crippen LogP contribution in [0.4, 0.5) is 5.82 Å². The van der Waals surface area contributed by atoms with Crippen LogP contribution in [0.15, 0.2) is 36.8 Å². The maximum absolute atomic E-state index is 11.9. The first-order chi connectivity index (χ1) is 10.2. The van der Waals surface area contributed by atoms with Crippen molar-refractivity contribution in [2.45, 2.75) is 26.9 Å². The third kappa shape index (κ3) is 4.05. The fourth-order valence-corrected chi connectivity index (χ4v) is 2.17. The number of hydrogen-bond donors (Lipinski definition) is 1. The van der Waals surface area contributed by atoms with E-state index in [4.69, 9.17) is 0 Å². The molecular weight excluding hydrogens is 266 g/mol. The summed E-state index contributed by atoms with van der Waals surface area (Å²) >= 11 is 0. The second-order valence-electron chi connectivity index (χ2n) is 4.64. The van der Waals surface area contributed by atoms with Crippen LogP contribution in [-0.4, -0.2) is 33.8 Å². The van der Waals surface area contributed by atoms with E-state index in [-0.39, 0.29) is 12.5 Å². The molecule has 0 aromatic carbocycles. The summed E-state index contributed by atoms with van der Waals surface area (Å²) < 4.78 is 1.60. The summed E-state index contributed by atoms with van der Waals surface area (Å²) in [4.78, 5) is 18.5. The van der Waals surface area contributed by atoms with Gasteiger partial charge in [0.05, 0.1) is 0 Å². The Balaban J connectivity index is 1.98. The zero-order valence-electron chi connectivity index (χ0n) is 12.5. The number of carbonyl (C=O) groups excluding carboxylic acids is 1. The molecule has 6 nitrogen and oxygen atoms in total. The topological polar surface area (TPSA) is 63.1 Å². The average molecular weight is 287 g/mol. The van der Waals surface area contributed by atoms with Crippen LogP contribution in [-0.2, 0) is 17.9 Å². The minimum atomic E-state index is -0.0620. The molecule has 2 aromatic heterocycles. The number of nitrogens with one attached hydrogen (secondary N) is 1. The monoisotopic (exact) mass is 287 g/mol. The predicted octanol–water partition coefficient (Wildman–Crippen LogP) is 1.44. The van der Waals surface area contributed by atoms with Gasteiger partial charge in [-0.1, -0.05) is 6.07 Å². The van der Waals surface area contributed by atoms with Crippen molar-refractivity contribution in [1.82, 2.24) is 20.1 Å². The lowest BCUT2D eigenvalue weighted by molar-refractivity contribution is -0.122. The summed E-state index contributed by atoms with van der Waals surface area (Å²) in [6.07, 6.45) is 5.21. The van der Waals surface area contributed by atoms with Gasteiger partial charge in [-0.05, 0) is 26.0 Å². The fraction of sp³-hybridized carbons (Fsp3) is 0.400. The van der Waals surface area contributed by atoms with Crippen LogP contribution in [0.1, 0.15) is 19.4 Å². The number of nitrogens with zero attached hydrogens (tertiary/aromatic N) is 4. The molecule has 0 saturated heterocycles. The molecule has 1 amide bonds. The van der Waals surface area contributed by atoms with Gasteiger partial charge in [-0.25, -0.2) is 4.98 Å². The highest BCUT2D eigenvalue weighted by Gasteiger charge is 2.10. The van der Waals surface area contributed by atoms with Crippen molar-refractivity contribution >= 4 is 11.7 Å². The number of rotatable bonds is 7. The Morgan fingerprint density at radius 2 is 2.10 bits per heavy atom. The normalized spacial score (nSPS) is 10.4. The molecule has 0 aliphatic carbocycles. The van der Waals surface area contributed by atoms with Gasteiger partial charge in [0.1, 0.15) is 12.4 Å². The van der Waals surface area contributed by atoms with Gasteiger partial charge in [-0.2, -0.15) is 5.10 Å². The van der Waals surface area contributed by atoms with E-state index in [0.29, 0.717) is 6.54 Å². The molecule has 0 unspecified atom stereocenters. The van der Waals surface area contributed by atoms with Crippen LogP contribution in [0.25, 0.3) is 0 Å². The van der Waals surface area contributed by atoms with Crippen molar-refractivity contribution in [3.63, 3.8) is 0 Å². The Labute approximate surface area is 124 Å². The lowest BCUT2D eigenvalue weighted by Gasteiger charge is -2.22. The Morgan fingerprint density at radius 3 is 2.76 bits per heavy atom. The van der Waals surface area contributed by atoms with E-state index in [1.165, 1.54) is 0 Å². The highest BCUT2D eigenvalue weighted by molar-refractivity contribution is 5.75. The van der Waals surface area contributed by atoms with Crippen LogP contribution in [0, 0.1) is 0 Å². The molecule has 2 heterocycles. The molecule has 0 fully saturated rings. The van der Waals surface area contributed by atoms with Crippen molar-refractivity contribution in [3.05, 3.63) is 42.4 Å². The summed E-state index contributed by atoms with van der Waals surface area (Å²) in [7, 11) is 0. The van der Waals surface area contributed by atoms with Gasteiger partial charge in [0.15, 0.2) is 0 Å². The van der Waals surface area contributed by atoms with E-state index < -0.39 is 0 Å². The van der Waals surface area contributed by atoms with E-state index in [0.717, 1.165) is 24.5 Å². The molecule has 2 aromatic rings. The number of amides is 1. The summed E-state index contributed by atoms with van der Waals surface area (Å²) in [6.45, 7) is 6.67. The largest absolute Gasteiger partial charge is 0.357 e. The van der Waals surface area contributed by atoms with E-state index in [1.807, 2.05) is 12.1 Å². The first-order valence-corrected chi connectivity index (χ1v) is 7.17. The van der Waals surface area contributed by atoms with Gasteiger partial charge in [-0.3, -0.25) is 9.48 Å². The van der Waals surface area contributed by atoms with Crippen LogP contribution in [0.5, 0.6) is 0 Å². The highest BCUT2D eigenvalue weighted by Crippen LogP contribution is 2.16. The minimum Gasteiger partial charge on any atom is -0.357 e. The number of aromatic nitrogens is 3. The molecule has 0 spiro atoms. The summed E-state index contributed by atoms with van der Waals surface area (Å²) in [5.74, 6) is 0.870. The standard InChI is InChI=1S/C15H21N5O/c1-3-19(4-2)15-13(7-5-8-16-15)11-17-14(21)12-20-10-6-9-18-20/h5-10H,3-4,11-12H2,1-2H3,(H,17,21). The van der Waals surface area contributed by atoms with Crippen LogP contribution < -0.4 is 10.2 Å². The zero-order valence-corrected chi connectivity index (χ0v) is 12.5. The molecule has 2 rings (SSSR count). The first kappa shape index (κ1) is 15.0. The Hall–Kier alpha value is -2.37. The number of hydrogen-bond acceptors (Lipinski definition) is 4. The molecule has 0 atom stereocenters. The van der Waals surface area contributed by atoms with Crippen molar-refractivity contribution in [2.75, 3.05) is 18.0 Å². The van der Waals surface area contributed by atoms with E-state index in [2.05, 4.69) is 34.1 Å². The van der Waals surface area contributed by atoms with Gasteiger partial charge < -0.3 is 10.2 Å². The molecule has 21 heavy (non-hydrogen) atoms. The number of anilines is 1. The van der Waals surface area contributed by atoms with Gasteiger partial charge in [0, 0.05) is 43.8 Å². The summed E-state index contributed by atoms with van der Waals surface area (Å²) in [6, 6.07) is 5.68. The van der Waals surface area contributed by atoms with Crippen LogP contribution in [0.2, 0.25) is 0 Å². The molecule has 0 aliphatic heterocycles. The number of pyridine rings is 1. The first-order valence-electron chi connectivity index (χ1n) is 7.17. The average Bonchev–Trinajstić information content (AvgIpc) is 3.00. The minimum absolute atomic E-state index is 0.0620. The predicted molar refractivity (Wildman–Crippen MR) is 81.9 cm³/mol. The van der Waals surface area contributed by atoms with E-state index in [1.54, 1.807) is 29.3 Å². The van der Waals surface area contributed by atoms with Crippen LogP contribution in [0.3, 0.4) is 0 Å². The Morgan fingerprint density at radius 1 is 1.29 bits per heavy atom. The third-order valence-electron chi connectivity index (χ3n) is 3.27. The van der Waals surface area contributed by atoms with Crippen molar-refractivity contribution < 1.29 is 4.79 Å². The molecule has 0 saturated carbocycles. The van der Waals surface area contributed by atoms with Gasteiger partial charge in [-0.15, -0.1) is 0 Å². The molecule has 6 heteroatoms. The van der Waals surface area contributed by atoms with Gasteiger partial charge >= 0.3 is 0 Å². The molecule has 0 aliphatic rings.